The quantitative estimate of drug-likeness (QED) is 0.406. The molecule has 0 aliphatic carbocycles. The minimum absolute atomic E-state index is 0.226. The highest BCUT2D eigenvalue weighted by Crippen LogP contribution is 2.71. The Morgan fingerprint density at radius 3 is 1.04 bits per heavy atom. The monoisotopic (exact) mass is 392 g/mol. The highest BCUT2D eigenvalue weighted by Gasteiger charge is 1.98. The largest absolute Gasteiger partial charge is 0.109 e. The van der Waals surface area contributed by atoms with E-state index in [1.165, 1.54) is 22.3 Å². The molecule has 3 rings (SSSR count). The topological polar surface area (TPSA) is 0 Å². The lowest BCUT2D eigenvalue weighted by Crippen LogP contribution is -1.79. The number of rotatable bonds is 3. The highest BCUT2D eigenvalue weighted by molar-refractivity contribution is 8.77. The minimum atomic E-state index is 0.226. The molecule has 0 aliphatic rings. The van der Waals surface area contributed by atoms with Crippen LogP contribution in [0.25, 0.3) is 22.3 Å². The van der Waals surface area contributed by atoms with E-state index < -0.39 is 0 Å². The number of benzene rings is 3. The van der Waals surface area contributed by atoms with Crippen LogP contribution < -0.4 is 0 Å². The third-order valence-corrected chi connectivity index (χ3v) is 15.2. The molecule has 0 saturated carbocycles. The summed E-state index contributed by atoms with van der Waals surface area (Å²) in [6.07, 6.45) is 0. The van der Waals surface area contributed by atoms with Crippen LogP contribution in [0.15, 0.2) is 84.9 Å². The Hall–Kier alpha value is -0.190. The van der Waals surface area contributed by atoms with Crippen LogP contribution in [0.5, 0.6) is 0 Å². The third-order valence-electron chi connectivity index (χ3n) is 3.25. The fourth-order valence-electron chi connectivity index (χ4n) is 2.12. The van der Waals surface area contributed by atoms with Crippen molar-refractivity contribution in [3.05, 3.63) is 84.9 Å². The molecule has 0 heterocycles. The van der Waals surface area contributed by atoms with E-state index in [2.05, 4.69) is 99.6 Å². The molecule has 23 heavy (non-hydrogen) atoms. The van der Waals surface area contributed by atoms with Gasteiger partial charge in [-0.3, -0.25) is 0 Å². The van der Waals surface area contributed by atoms with Crippen LogP contribution in [0.1, 0.15) is 0 Å². The summed E-state index contributed by atoms with van der Waals surface area (Å²) in [4.78, 5) is 0. The van der Waals surface area contributed by atoms with Crippen molar-refractivity contribution in [3.8, 4) is 22.3 Å². The lowest BCUT2D eigenvalue weighted by molar-refractivity contribution is 1.59. The average Bonchev–Trinajstić information content (AvgIpc) is 2.64. The van der Waals surface area contributed by atoms with E-state index in [1.54, 1.807) is 0 Å². The van der Waals surface area contributed by atoms with Crippen LogP contribution in [0, 0.1) is 0 Å². The van der Waals surface area contributed by atoms with Gasteiger partial charge in [0.25, 0.3) is 0 Å². The first-order valence-electron chi connectivity index (χ1n) is 7.17. The minimum Gasteiger partial charge on any atom is -0.109 e. The van der Waals surface area contributed by atoms with Gasteiger partial charge < -0.3 is 0 Å². The van der Waals surface area contributed by atoms with Gasteiger partial charge in [-0.2, -0.15) is 0 Å². The molecule has 118 valence electrons. The van der Waals surface area contributed by atoms with Crippen LogP contribution in [0.2, 0.25) is 0 Å². The molecule has 0 spiro atoms. The van der Waals surface area contributed by atoms with E-state index in [9.17, 15) is 0 Å². The average molecular weight is 392 g/mol. The van der Waals surface area contributed by atoms with Crippen LogP contribution in [-0.2, 0) is 0 Å². The second-order valence-electron chi connectivity index (χ2n) is 4.85. The summed E-state index contributed by atoms with van der Waals surface area (Å²) in [5, 5.41) is 0. The molecule has 0 amide bonds. The summed E-state index contributed by atoms with van der Waals surface area (Å²) in [5.41, 5.74) is 5.04. The van der Waals surface area contributed by atoms with Crippen molar-refractivity contribution in [2.75, 3.05) is 0 Å². The molecule has 0 aromatic heterocycles. The molecule has 0 N–H and O–H groups in total. The summed E-state index contributed by atoms with van der Waals surface area (Å²) in [7, 11) is 9.24. The molecular weight excluding hydrogens is 371 g/mol. The zero-order valence-electron chi connectivity index (χ0n) is 12.8. The van der Waals surface area contributed by atoms with Gasteiger partial charge in [0.15, 0.2) is 0 Å². The van der Waals surface area contributed by atoms with Crippen molar-refractivity contribution in [2.24, 2.45) is 0 Å². The van der Waals surface area contributed by atoms with Crippen LogP contribution in [-0.4, -0.2) is 0 Å². The molecule has 4 atom stereocenters. The van der Waals surface area contributed by atoms with Crippen molar-refractivity contribution in [3.63, 3.8) is 0 Å². The summed E-state index contributed by atoms with van der Waals surface area (Å²) in [6.45, 7) is 0.226. The fraction of sp³-hybridized carbons (Fsp3) is 0. The normalized spacial score (nSPS) is 10.6. The van der Waals surface area contributed by atoms with Crippen molar-refractivity contribution in [1.82, 2.24) is 0 Å². The van der Waals surface area contributed by atoms with Gasteiger partial charge in [-0.1, -0.05) is 92.9 Å². The van der Waals surface area contributed by atoms with Gasteiger partial charge in [-0.05, 0) is 29.2 Å². The molecule has 3 aromatic rings. The number of hydrogen-bond donors (Lipinski definition) is 0. The molecule has 0 radical (unpaired) electrons. The van der Waals surface area contributed by atoms with E-state index in [4.69, 9.17) is 0 Å². The number of hydrogen-bond acceptors (Lipinski definition) is 0. The zero-order valence-corrected chi connectivity index (χ0v) is 18.1. The van der Waals surface area contributed by atoms with Gasteiger partial charge in [0.2, 0.25) is 0 Å². The molecule has 0 bridgehead atoms. The summed E-state index contributed by atoms with van der Waals surface area (Å²) < 4.78 is 0. The standard InChI is InChI=1S/C18H14.H7P5/c1-3-7-15(8-4-1)17-11-13-18(14-12-17)16-9-5-2-6-10-16;1-4-5(2)3/h1-14H;4H,1-3H2. The molecule has 0 nitrogen and oxygen atoms in total. The Labute approximate surface area is 149 Å². The van der Waals surface area contributed by atoms with Crippen molar-refractivity contribution >= 4 is 41.7 Å². The highest BCUT2D eigenvalue weighted by atomic mass is 32.8. The molecular formula is C18H21P5. The van der Waals surface area contributed by atoms with Gasteiger partial charge in [0.1, 0.15) is 0 Å². The van der Waals surface area contributed by atoms with E-state index in [1.807, 2.05) is 12.1 Å². The first-order valence-corrected chi connectivity index (χ1v) is 15.4. The molecule has 0 aliphatic heterocycles. The van der Waals surface area contributed by atoms with Crippen LogP contribution in [0.4, 0.5) is 0 Å². The second-order valence-corrected chi connectivity index (χ2v) is 18.8. The van der Waals surface area contributed by atoms with Crippen molar-refractivity contribution < 1.29 is 0 Å². The van der Waals surface area contributed by atoms with Crippen molar-refractivity contribution in [1.29, 1.82) is 0 Å². The first kappa shape index (κ1) is 19.1. The zero-order chi connectivity index (χ0) is 16.5. The molecule has 0 fully saturated rings. The maximum absolute atomic E-state index is 2.75. The van der Waals surface area contributed by atoms with Gasteiger partial charge in [0, 0.05) is 0 Å². The maximum Gasteiger partial charge on any atom is -0.0184 e. The Balaban J connectivity index is 0.000000338. The predicted octanol–water partition coefficient (Wildman–Crippen LogP) is 7.45. The Kier molecular flexibility index (Phi) is 8.84. The van der Waals surface area contributed by atoms with E-state index in [0.29, 0.717) is 0 Å². The molecule has 5 heteroatoms. The predicted molar refractivity (Wildman–Crippen MR) is 122 cm³/mol. The Morgan fingerprint density at radius 2 is 0.783 bits per heavy atom. The Morgan fingerprint density at radius 1 is 0.522 bits per heavy atom. The summed E-state index contributed by atoms with van der Waals surface area (Å²) in [6, 6.07) is 29.6. The van der Waals surface area contributed by atoms with E-state index in [0.717, 1.165) is 7.96 Å². The van der Waals surface area contributed by atoms with E-state index >= 15 is 0 Å². The third kappa shape index (κ3) is 6.67. The SMILES string of the molecule is PPP(P)P.c1ccc(-c2ccc(-c3ccccc3)cc2)cc1. The molecule has 3 aromatic carbocycles. The van der Waals surface area contributed by atoms with Crippen molar-refractivity contribution in [2.45, 2.75) is 0 Å². The van der Waals surface area contributed by atoms with Crippen LogP contribution >= 0.6 is 41.7 Å². The van der Waals surface area contributed by atoms with Gasteiger partial charge in [-0.15, -0.1) is 26.8 Å². The van der Waals surface area contributed by atoms with Gasteiger partial charge >= 0.3 is 0 Å². The van der Waals surface area contributed by atoms with Gasteiger partial charge in [0.05, 0.1) is 0 Å². The lowest BCUT2D eigenvalue weighted by atomic mass is 10.0. The summed E-state index contributed by atoms with van der Waals surface area (Å²) in [5.74, 6) is 0. The molecule has 4 unspecified atom stereocenters. The first-order chi connectivity index (χ1) is 11.2. The maximum atomic E-state index is 2.75. The fourth-order valence-corrected chi connectivity index (χ4v) is 2.12. The summed E-state index contributed by atoms with van der Waals surface area (Å²) >= 11 is 0. The van der Waals surface area contributed by atoms with E-state index in [-0.39, 0.29) is 6.99 Å². The van der Waals surface area contributed by atoms with Gasteiger partial charge in [-0.25, -0.2) is 0 Å². The van der Waals surface area contributed by atoms with Crippen LogP contribution in [0.3, 0.4) is 0 Å². The Bertz CT molecular complexity index is 623. The smallest absolute Gasteiger partial charge is 0.0184 e. The lowest BCUT2D eigenvalue weighted by Gasteiger charge is -2.04. The molecule has 0 saturated heterocycles. The second kappa shape index (κ2) is 10.6.